The molecule has 1 heterocycles. The summed E-state index contributed by atoms with van der Waals surface area (Å²) >= 11 is 0. The summed E-state index contributed by atoms with van der Waals surface area (Å²) in [5.74, 6) is 1.13. The Morgan fingerprint density at radius 2 is 1.90 bits per heavy atom. The first-order valence-electron chi connectivity index (χ1n) is 7.39. The standard InChI is InChI=1S/C17H25N3/c1-5-7-20-8-6-19-17(20)16(18-4)12-15-10-13(2)9-14(3)11-15/h6,8-11,16,18H,5,7,12H2,1-4H3. The summed E-state index contributed by atoms with van der Waals surface area (Å²) in [7, 11) is 2.01. The lowest BCUT2D eigenvalue weighted by atomic mass is 10.0. The molecule has 1 atom stereocenters. The number of nitrogens with one attached hydrogen (secondary N) is 1. The van der Waals surface area contributed by atoms with Crippen molar-refractivity contribution in [1.82, 2.24) is 14.9 Å². The third-order valence-corrected chi connectivity index (χ3v) is 3.59. The van der Waals surface area contributed by atoms with E-state index in [9.17, 15) is 0 Å². The molecule has 3 heteroatoms. The van der Waals surface area contributed by atoms with Gasteiger partial charge in [0, 0.05) is 18.9 Å². The minimum atomic E-state index is 0.262. The second kappa shape index (κ2) is 6.71. The van der Waals surface area contributed by atoms with Crippen LogP contribution < -0.4 is 5.32 Å². The fourth-order valence-electron chi connectivity index (χ4n) is 2.81. The van der Waals surface area contributed by atoms with Crippen molar-refractivity contribution in [2.24, 2.45) is 0 Å². The van der Waals surface area contributed by atoms with Crippen LogP contribution in [0.2, 0.25) is 0 Å². The normalized spacial score (nSPS) is 12.6. The lowest BCUT2D eigenvalue weighted by Crippen LogP contribution is -2.23. The van der Waals surface area contributed by atoms with Crippen LogP contribution in [0.15, 0.2) is 30.6 Å². The van der Waals surface area contributed by atoms with Crippen molar-refractivity contribution in [3.8, 4) is 0 Å². The lowest BCUT2D eigenvalue weighted by Gasteiger charge is -2.18. The Kier molecular flexibility index (Phi) is 4.96. The van der Waals surface area contributed by atoms with Crippen LogP contribution >= 0.6 is 0 Å². The van der Waals surface area contributed by atoms with Crippen molar-refractivity contribution in [2.45, 2.75) is 46.2 Å². The molecule has 1 aromatic heterocycles. The fraction of sp³-hybridized carbons (Fsp3) is 0.471. The number of hydrogen-bond donors (Lipinski definition) is 1. The van der Waals surface area contributed by atoms with E-state index in [0.29, 0.717) is 0 Å². The highest BCUT2D eigenvalue weighted by Crippen LogP contribution is 2.19. The number of likely N-dealkylation sites (N-methyl/N-ethyl adjacent to an activating group) is 1. The average molecular weight is 271 g/mol. The lowest BCUT2D eigenvalue weighted by molar-refractivity contribution is 0.512. The van der Waals surface area contributed by atoms with Crippen LogP contribution in [0, 0.1) is 13.8 Å². The van der Waals surface area contributed by atoms with Gasteiger partial charge in [-0.15, -0.1) is 0 Å². The van der Waals surface area contributed by atoms with Crippen LogP contribution in [0.3, 0.4) is 0 Å². The molecule has 0 amide bonds. The first-order chi connectivity index (χ1) is 9.63. The Balaban J connectivity index is 2.21. The highest BCUT2D eigenvalue weighted by atomic mass is 15.1. The van der Waals surface area contributed by atoms with Gasteiger partial charge >= 0.3 is 0 Å². The highest BCUT2D eigenvalue weighted by molar-refractivity contribution is 5.29. The predicted octanol–water partition coefficient (Wildman–Crippen LogP) is 3.41. The van der Waals surface area contributed by atoms with Gasteiger partial charge in [-0.25, -0.2) is 4.98 Å². The monoisotopic (exact) mass is 271 g/mol. The molecule has 0 saturated carbocycles. The molecule has 108 valence electrons. The zero-order valence-electron chi connectivity index (χ0n) is 13.0. The van der Waals surface area contributed by atoms with Gasteiger partial charge in [0.05, 0.1) is 6.04 Å². The van der Waals surface area contributed by atoms with Crippen molar-refractivity contribution < 1.29 is 0 Å². The quantitative estimate of drug-likeness (QED) is 0.872. The van der Waals surface area contributed by atoms with Gasteiger partial charge in [-0.2, -0.15) is 0 Å². The third-order valence-electron chi connectivity index (χ3n) is 3.59. The number of rotatable bonds is 6. The molecule has 0 aliphatic heterocycles. The molecule has 2 aromatic rings. The van der Waals surface area contributed by atoms with E-state index in [0.717, 1.165) is 25.2 Å². The summed E-state index contributed by atoms with van der Waals surface area (Å²) in [5.41, 5.74) is 4.02. The summed E-state index contributed by atoms with van der Waals surface area (Å²) in [6.07, 6.45) is 6.07. The van der Waals surface area contributed by atoms with Crippen LogP contribution in [-0.4, -0.2) is 16.6 Å². The van der Waals surface area contributed by atoms with Gasteiger partial charge in [0.1, 0.15) is 5.82 Å². The molecular formula is C17H25N3. The maximum absolute atomic E-state index is 4.55. The van der Waals surface area contributed by atoms with E-state index < -0.39 is 0 Å². The molecule has 1 unspecified atom stereocenters. The minimum absolute atomic E-state index is 0.262. The van der Waals surface area contributed by atoms with Crippen molar-refractivity contribution >= 4 is 0 Å². The molecule has 0 bridgehead atoms. The summed E-state index contributed by atoms with van der Waals surface area (Å²) in [6, 6.07) is 7.02. The van der Waals surface area contributed by atoms with Gasteiger partial charge in [0.2, 0.25) is 0 Å². The molecule has 1 N–H and O–H groups in total. The Labute approximate surface area is 122 Å². The van der Waals surface area contributed by atoms with Gasteiger partial charge in [-0.1, -0.05) is 36.2 Å². The van der Waals surface area contributed by atoms with Gasteiger partial charge in [-0.3, -0.25) is 0 Å². The molecule has 3 nitrogen and oxygen atoms in total. The average Bonchev–Trinajstić information content (AvgIpc) is 2.83. The van der Waals surface area contributed by atoms with E-state index in [4.69, 9.17) is 0 Å². The second-order valence-electron chi connectivity index (χ2n) is 5.52. The number of benzene rings is 1. The minimum Gasteiger partial charge on any atom is -0.334 e. The van der Waals surface area contributed by atoms with Crippen molar-refractivity contribution in [3.05, 3.63) is 53.1 Å². The number of hydrogen-bond acceptors (Lipinski definition) is 2. The fourth-order valence-corrected chi connectivity index (χ4v) is 2.81. The van der Waals surface area contributed by atoms with Gasteiger partial charge in [-0.05, 0) is 39.3 Å². The van der Waals surface area contributed by atoms with E-state index in [2.05, 4.69) is 60.0 Å². The highest BCUT2D eigenvalue weighted by Gasteiger charge is 2.15. The SMILES string of the molecule is CCCn1ccnc1C(Cc1cc(C)cc(C)c1)NC. The predicted molar refractivity (Wildman–Crippen MR) is 83.9 cm³/mol. The zero-order valence-corrected chi connectivity index (χ0v) is 13.0. The number of aryl methyl sites for hydroxylation is 3. The maximum Gasteiger partial charge on any atom is 0.126 e. The Morgan fingerprint density at radius 3 is 2.50 bits per heavy atom. The topological polar surface area (TPSA) is 29.9 Å². The largest absolute Gasteiger partial charge is 0.334 e. The number of imidazole rings is 1. The summed E-state index contributed by atoms with van der Waals surface area (Å²) in [6.45, 7) is 7.54. The molecule has 0 radical (unpaired) electrons. The first kappa shape index (κ1) is 14.8. The van der Waals surface area contributed by atoms with Crippen molar-refractivity contribution in [3.63, 3.8) is 0 Å². The number of aromatic nitrogens is 2. The molecule has 0 aliphatic carbocycles. The maximum atomic E-state index is 4.55. The van der Waals surface area contributed by atoms with Gasteiger partial charge in [0.15, 0.2) is 0 Å². The Hall–Kier alpha value is -1.61. The molecule has 20 heavy (non-hydrogen) atoms. The van der Waals surface area contributed by atoms with E-state index >= 15 is 0 Å². The van der Waals surface area contributed by atoms with Crippen LogP contribution in [0.5, 0.6) is 0 Å². The molecular weight excluding hydrogens is 246 g/mol. The van der Waals surface area contributed by atoms with E-state index in [-0.39, 0.29) is 6.04 Å². The van der Waals surface area contributed by atoms with Crippen molar-refractivity contribution in [2.75, 3.05) is 7.05 Å². The van der Waals surface area contributed by atoms with Gasteiger partial charge in [0.25, 0.3) is 0 Å². The van der Waals surface area contributed by atoms with Gasteiger partial charge < -0.3 is 9.88 Å². The smallest absolute Gasteiger partial charge is 0.126 e. The van der Waals surface area contributed by atoms with Crippen molar-refractivity contribution in [1.29, 1.82) is 0 Å². The molecule has 2 rings (SSSR count). The third kappa shape index (κ3) is 3.48. The molecule has 1 aromatic carbocycles. The Bertz CT molecular complexity index is 537. The summed E-state index contributed by atoms with van der Waals surface area (Å²) < 4.78 is 2.25. The molecule has 0 spiro atoms. The van der Waals surface area contributed by atoms with Crippen LogP contribution in [0.1, 0.15) is 41.9 Å². The van der Waals surface area contributed by atoms with Crippen LogP contribution in [0.4, 0.5) is 0 Å². The summed E-state index contributed by atoms with van der Waals surface area (Å²) in [4.78, 5) is 4.55. The first-order valence-corrected chi connectivity index (χ1v) is 7.39. The van der Waals surface area contributed by atoms with E-state index in [1.54, 1.807) is 0 Å². The Morgan fingerprint density at radius 1 is 1.20 bits per heavy atom. The molecule has 0 aliphatic rings. The zero-order chi connectivity index (χ0) is 14.5. The van der Waals surface area contributed by atoms with Crippen LogP contribution in [-0.2, 0) is 13.0 Å². The number of nitrogens with zero attached hydrogens (tertiary/aromatic N) is 2. The van der Waals surface area contributed by atoms with E-state index in [1.165, 1.54) is 16.7 Å². The van der Waals surface area contributed by atoms with E-state index in [1.807, 2.05) is 13.2 Å². The second-order valence-corrected chi connectivity index (χ2v) is 5.52. The molecule has 0 fully saturated rings. The summed E-state index contributed by atoms with van der Waals surface area (Å²) in [5, 5.41) is 3.41. The van der Waals surface area contributed by atoms with Crippen LogP contribution in [0.25, 0.3) is 0 Å². The molecule has 0 saturated heterocycles.